The quantitative estimate of drug-likeness (QED) is 0.548. The lowest BCUT2D eigenvalue weighted by Crippen LogP contribution is -2.36. The SMILES string of the molecule is N#CC[C@@H](Cc1ccc(OCc2ccccc2)cc1)NC(=O)OCc1ccccc1. The van der Waals surface area contributed by atoms with E-state index in [1.165, 1.54) is 0 Å². The maximum absolute atomic E-state index is 12.1. The molecule has 0 saturated carbocycles. The smallest absolute Gasteiger partial charge is 0.407 e. The summed E-state index contributed by atoms with van der Waals surface area (Å²) >= 11 is 0. The number of ether oxygens (including phenoxy) is 2. The van der Waals surface area contributed by atoms with Gasteiger partial charge in [0.25, 0.3) is 0 Å². The maximum Gasteiger partial charge on any atom is 0.407 e. The van der Waals surface area contributed by atoms with Crippen molar-refractivity contribution in [2.75, 3.05) is 0 Å². The van der Waals surface area contributed by atoms with Gasteiger partial charge in [0.15, 0.2) is 0 Å². The minimum Gasteiger partial charge on any atom is -0.489 e. The van der Waals surface area contributed by atoms with Gasteiger partial charge in [-0.1, -0.05) is 72.8 Å². The van der Waals surface area contributed by atoms with E-state index in [0.717, 1.165) is 22.4 Å². The molecule has 0 spiro atoms. The van der Waals surface area contributed by atoms with E-state index in [1.807, 2.05) is 84.9 Å². The number of nitrogens with zero attached hydrogens (tertiary/aromatic N) is 1. The molecular formula is C25H24N2O3. The molecule has 152 valence electrons. The minimum atomic E-state index is -0.526. The molecule has 0 heterocycles. The van der Waals surface area contributed by atoms with E-state index < -0.39 is 6.09 Å². The Morgan fingerprint density at radius 2 is 1.43 bits per heavy atom. The van der Waals surface area contributed by atoms with Crippen molar-refractivity contribution in [3.05, 3.63) is 102 Å². The lowest BCUT2D eigenvalue weighted by atomic mass is 10.0. The second kappa shape index (κ2) is 11.3. The number of benzene rings is 3. The topological polar surface area (TPSA) is 71.3 Å². The number of hydrogen-bond donors (Lipinski definition) is 1. The highest BCUT2D eigenvalue weighted by Gasteiger charge is 2.14. The maximum atomic E-state index is 12.1. The average Bonchev–Trinajstić information content (AvgIpc) is 2.79. The molecule has 0 aromatic heterocycles. The number of carbonyl (C=O) groups excluding carboxylic acids is 1. The predicted molar refractivity (Wildman–Crippen MR) is 115 cm³/mol. The number of carbonyl (C=O) groups is 1. The standard InChI is InChI=1S/C25H24N2O3/c26-16-15-23(27-25(28)30-19-22-9-5-2-6-10-22)17-20-11-13-24(14-12-20)29-18-21-7-3-1-4-8-21/h1-14,23H,15,17-19H2,(H,27,28)/t23-/m0/s1. The second-order valence-electron chi connectivity index (χ2n) is 6.89. The largest absolute Gasteiger partial charge is 0.489 e. The van der Waals surface area contributed by atoms with Gasteiger partial charge < -0.3 is 14.8 Å². The molecule has 1 amide bonds. The van der Waals surface area contributed by atoms with Gasteiger partial charge in [-0.3, -0.25) is 0 Å². The van der Waals surface area contributed by atoms with Gasteiger partial charge in [-0.15, -0.1) is 0 Å². The summed E-state index contributed by atoms with van der Waals surface area (Å²) in [4.78, 5) is 12.1. The fraction of sp³-hybridized carbons (Fsp3) is 0.200. The van der Waals surface area contributed by atoms with Gasteiger partial charge in [0.1, 0.15) is 19.0 Å². The lowest BCUT2D eigenvalue weighted by molar-refractivity contribution is 0.135. The van der Waals surface area contributed by atoms with Crippen LogP contribution in [0.25, 0.3) is 0 Å². The number of hydrogen-bond acceptors (Lipinski definition) is 4. The Morgan fingerprint density at radius 1 is 0.833 bits per heavy atom. The third-order valence-corrected chi connectivity index (χ3v) is 4.53. The molecule has 3 rings (SSSR count). The third kappa shape index (κ3) is 6.99. The molecular weight excluding hydrogens is 376 g/mol. The molecule has 0 bridgehead atoms. The molecule has 0 aliphatic rings. The summed E-state index contributed by atoms with van der Waals surface area (Å²) in [5, 5.41) is 11.9. The Labute approximate surface area is 176 Å². The van der Waals surface area contributed by atoms with Crippen LogP contribution in [0.15, 0.2) is 84.9 Å². The highest BCUT2D eigenvalue weighted by atomic mass is 16.5. The molecule has 30 heavy (non-hydrogen) atoms. The van der Waals surface area contributed by atoms with E-state index in [0.29, 0.717) is 13.0 Å². The zero-order valence-electron chi connectivity index (χ0n) is 16.7. The van der Waals surface area contributed by atoms with Crippen LogP contribution in [0, 0.1) is 11.3 Å². The molecule has 3 aromatic carbocycles. The average molecular weight is 400 g/mol. The first-order valence-electron chi connectivity index (χ1n) is 9.83. The van der Waals surface area contributed by atoms with E-state index in [1.54, 1.807) is 0 Å². The van der Waals surface area contributed by atoms with Crippen molar-refractivity contribution in [3.8, 4) is 11.8 Å². The highest BCUT2D eigenvalue weighted by Crippen LogP contribution is 2.16. The van der Waals surface area contributed by atoms with E-state index in [-0.39, 0.29) is 19.1 Å². The molecule has 0 fully saturated rings. The zero-order chi connectivity index (χ0) is 21.0. The van der Waals surface area contributed by atoms with Crippen LogP contribution in [-0.4, -0.2) is 12.1 Å². The van der Waals surface area contributed by atoms with Crippen LogP contribution in [0.1, 0.15) is 23.1 Å². The number of nitrogens with one attached hydrogen (secondary N) is 1. The summed E-state index contributed by atoms with van der Waals surface area (Å²) in [6.07, 6.45) is 0.210. The van der Waals surface area contributed by atoms with Crippen molar-refractivity contribution in [2.45, 2.75) is 32.1 Å². The van der Waals surface area contributed by atoms with Crippen molar-refractivity contribution in [1.29, 1.82) is 5.26 Å². The van der Waals surface area contributed by atoms with Gasteiger partial charge in [-0.05, 0) is 35.2 Å². The minimum absolute atomic E-state index is 0.194. The fourth-order valence-electron chi connectivity index (χ4n) is 2.96. The lowest BCUT2D eigenvalue weighted by Gasteiger charge is -2.16. The van der Waals surface area contributed by atoms with Crippen molar-refractivity contribution in [2.24, 2.45) is 0 Å². The van der Waals surface area contributed by atoms with Crippen molar-refractivity contribution in [1.82, 2.24) is 5.32 Å². The van der Waals surface area contributed by atoms with Crippen LogP contribution in [0.5, 0.6) is 5.75 Å². The van der Waals surface area contributed by atoms with Crippen LogP contribution in [-0.2, 0) is 24.4 Å². The number of nitriles is 1. The summed E-state index contributed by atoms with van der Waals surface area (Å²) in [5.41, 5.74) is 3.02. The van der Waals surface area contributed by atoms with Crippen LogP contribution in [0.2, 0.25) is 0 Å². The molecule has 1 atom stereocenters. The van der Waals surface area contributed by atoms with Crippen LogP contribution >= 0.6 is 0 Å². The summed E-state index contributed by atoms with van der Waals surface area (Å²) in [7, 11) is 0. The van der Waals surface area contributed by atoms with E-state index in [4.69, 9.17) is 14.7 Å². The Kier molecular flexibility index (Phi) is 7.87. The van der Waals surface area contributed by atoms with Crippen molar-refractivity contribution >= 4 is 6.09 Å². The van der Waals surface area contributed by atoms with Gasteiger partial charge in [-0.2, -0.15) is 5.26 Å². The zero-order valence-corrected chi connectivity index (χ0v) is 16.7. The van der Waals surface area contributed by atoms with E-state index >= 15 is 0 Å². The molecule has 0 aliphatic carbocycles. The monoisotopic (exact) mass is 400 g/mol. The van der Waals surface area contributed by atoms with Gasteiger partial charge in [-0.25, -0.2) is 4.79 Å². The first-order chi connectivity index (χ1) is 14.7. The molecule has 5 heteroatoms. The molecule has 5 nitrogen and oxygen atoms in total. The Bertz CT molecular complexity index is 951. The molecule has 0 radical (unpaired) electrons. The number of amides is 1. The molecule has 1 N–H and O–H groups in total. The Hall–Kier alpha value is -3.78. The van der Waals surface area contributed by atoms with E-state index in [2.05, 4.69) is 11.4 Å². The fourth-order valence-corrected chi connectivity index (χ4v) is 2.96. The molecule has 0 aliphatic heterocycles. The summed E-state index contributed by atoms with van der Waals surface area (Å²) in [6.45, 7) is 0.700. The second-order valence-corrected chi connectivity index (χ2v) is 6.89. The summed E-state index contributed by atoms with van der Waals surface area (Å²) in [6, 6.07) is 28.9. The first-order valence-corrected chi connectivity index (χ1v) is 9.83. The summed E-state index contributed by atoms with van der Waals surface area (Å²) < 4.78 is 11.1. The first kappa shape index (κ1) is 20.9. The number of rotatable bonds is 9. The van der Waals surface area contributed by atoms with Gasteiger partial charge in [0.05, 0.1) is 12.5 Å². The Morgan fingerprint density at radius 3 is 2.03 bits per heavy atom. The molecule has 0 saturated heterocycles. The van der Waals surface area contributed by atoms with Gasteiger partial charge in [0, 0.05) is 6.04 Å². The van der Waals surface area contributed by atoms with Gasteiger partial charge in [0.2, 0.25) is 0 Å². The van der Waals surface area contributed by atoms with Crippen molar-refractivity contribution < 1.29 is 14.3 Å². The third-order valence-electron chi connectivity index (χ3n) is 4.53. The van der Waals surface area contributed by atoms with E-state index in [9.17, 15) is 4.79 Å². The van der Waals surface area contributed by atoms with Crippen LogP contribution < -0.4 is 10.1 Å². The van der Waals surface area contributed by atoms with Crippen molar-refractivity contribution in [3.63, 3.8) is 0 Å². The van der Waals surface area contributed by atoms with Crippen LogP contribution in [0.4, 0.5) is 4.79 Å². The van der Waals surface area contributed by atoms with Gasteiger partial charge >= 0.3 is 6.09 Å². The normalized spacial score (nSPS) is 11.2. The molecule has 3 aromatic rings. The predicted octanol–water partition coefficient (Wildman–Crippen LogP) is 5.02. The molecule has 0 unspecified atom stereocenters. The number of alkyl carbamates (subject to hydrolysis) is 1. The summed E-state index contributed by atoms with van der Waals surface area (Å²) in [5.74, 6) is 0.773. The Balaban J connectivity index is 1.49. The van der Waals surface area contributed by atoms with Crippen LogP contribution in [0.3, 0.4) is 0 Å². The highest BCUT2D eigenvalue weighted by molar-refractivity contribution is 5.67.